The Morgan fingerprint density at radius 3 is 2.78 bits per heavy atom. The molecule has 1 aromatic carbocycles. The van der Waals surface area contributed by atoms with E-state index in [4.69, 9.17) is 0 Å². The van der Waals surface area contributed by atoms with Crippen molar-refractivity contribution in [3.05, 3.63) is 35.9 Å². The molecule has 2 atom stereocenters. The maximum Gasteiger partial charge on any atom is 0.0587 e. The summed E-state index contributed by atoms with van der Waals surface area (Å²) in [6.45, 7) is 2.29. The normalized spacial score (nSPS) is 21.7. The van der Waals surface area contributed by atoms with Gasteiger partial charge in [0.1, 0.15) is 0 Å². The summed E-state index contributed by atoms with van der Waals surface area (Å²) in [7, 11) is 0. The first-order valence-electron chi connectivity index (χ1n) is 7.00. The molecule has 0 bridgehead atoms. The molecule has 3 nitrogen and oxygen atoms in total. The minimum Gasteiger partial charge on any atom is -0.395 e. The van der Waals surface area contributed by atoms with Gasteiger partial charge in [0.25, 0.3) is 0 Å². The molecule has 1 aromatic rings. The number of rotatable bonds is 6. The lowest BCUT2D eigenvalue weighted by atomic mass is 10.0. The zero-order valence-electron chi connectivity index (χ0n) is 10.9. The van der Waals surface area contributed by atoms with Gasteiger partial charge < -0.3 is 15.7 Å². The van der Waals surface area contributed by atoms with Crippen LogP contribution >= 0.6 is 0 Å². The van der Waals surface area contributed by atoms with Crippen molar-refractivity contribution in [2.75, 3.05) is 19.7 Å². The van der Waals surface area contributed by atoms with Crippen LogP contribution in [0.15, 0.2) is 30.3 Å². The zero-order chi connectivity index (χ0) is 12.6. The first-order valence-corrected chi connectivity index (χ1v) is 7.00. The van der Waals surface area contributed by atoms with Crippen LogP contribution in [0.25, 0.3) is 0 Å². The summed E-state index contributed by atoms with van der Waals surface area (Å²) in [4.78, 5) is 0. The number of piperidine rings is 1. The van der Waals surface area contributed by atoms with Crippen LogP contribution in [0.3, 0.4) is 0 Å². The molecule has 0 saturated carbocycles. The third-order valence-electron chi connectivity index (χ3n) is 3.61. The molecule has 1 unspecified atom stereocenters. The molecule has 18 heavy (non-hydrogen) atoms. The van der Waals surface area contributed by atoms with Crippen LogP contribution in [0, 0.1) is 0 Å². The van der Waals surface area contributed by atoms with E-state index in [9.17, 15) is 5.11 Å². The van der Waals surface area contributed by atoms with Gasteiger partial charge >= 0.3 is 0 Å². The van der Waals surface area contributed by atoms with E-state index >= 15 is 0 Å². The van der Waals surface area contributed by atoms with Gasteiger partial charge in [0.05, 0.1) is 6.61 Å². The summed E-state index contributed by atoms with van der Waals surface area (Å²) < 4.78 is 0. The Morgan fingerprint density at radius 2 is 2.11 bits per heavy atom. The molecule has 0 amide bonds. The standard InChI is InChI=1S/C15H24N2O/c18-12-15(10-13-6-2-1-3-7-13)17-11-14-8-4-5-9-16-14/h1-3,6-7,14-18H,4-5,8-12H2/t14?,15-/m0/s1. The molecule has 100 valence electrons. The zero-order valence-corrected chi connectivity index (χ0v) is 10.9. The highest BCUT2D eigenvalue weighted by Crippen LogP contribution is 2.07. The van der Waals surface area contributed by atoms with Crippen molar-refractivity contribution in [1.82, 2.24) is 10.6 Å². The largest absolute Gasteiger partial charge is 0.395 e. The monoisotopic (exact) mass is 248 g/mol. The summed E-state index contributed by atoms with van der Waals surface area (Å²) in [5.41, 5.74) is 1.28. The third kappa shape index (κ3) is 4.41. The lowest BCUT2D eigenvalue weighted by molar-refractivity contribution is 0.234. The summed E-state index contributed by atoms with van der Waals surface area (Å²) >= 11 is 0. The first kappa shape index (κ1) is 13.5. The second-order valence-electron chi connectivity index (χ2n) is 5.12. The second-order valence-corrected chi connectivity index (χ2v) is 5.12. The Balaban J connectivity index is 1.75. The van der Waals surface area contributed by atoms with E-state index in [1.165, 1.54) is 24.8 Å². The van der Waals surface area contributed by atoms with Crippen LogP contribution < -0.4 is 10.6 Å². The summed E-state index contributed by atoms with van der Waals surface area (Å²) in [6, 6.07) is 11.1. The lowest BCUT2D eigenvalue weighted by Crippen LogP contribution is -2.46. The highest BCUT2D eigenvalue weighted by molar-refractivity contribution is 5.15. The maximum absolute atomic E-state index is 9.43. The predicted molar refractivity (Wildman–Crippen MR) is 74.7 cm³/mol. The Hall–Kier alpha value is -0.900. The number of nitrogens with one attached hydrogen (secondary N) is 2. The van der Waals surface area contributed by atoms with E-state index in [0.717, 1.165) is 19.5 Å². The predicted octanol–water partition coefficient (Wildman–Crippen LogP) is 1.32. The van der Waals surface area contributed by atoms with Gasteiger partial charge in [0, 0.05) is 18.6 Å². The highest BCUT2D eigenvalue weighted by atomic mass is 16.3. The molecule has 3 N–H and O–H groups in total. The topological polar surface area (TPSA) is 44.3 Å². The molecule has 1 fully saturated rings. The number of hydrogen-bond donors (Lipinski definition) is 3. The smallest absolute Gasteiger partial charge is 0.0587 e. The fraction of sp³-hybridized carbons (Fsp3) is 0.600. The summed E-state index contributed by atoms with van der Waals surface area (Å²) in [5.74, 6) is 0. The molecule has 2 rings (SSSR count). The van der Waals surface area contributed by atoms with E-state index in [2.05, 4.69) is 22.8 Å². The van der Waals surface area contributed by atoms with Gasteiger partial charge in [-0.05, 0) is 31.4 Å². The molecule has 0 radical (unpaired) electrons. The van der Waals surface area contributed by atoms with Crippen molar-refractivity contribution in [2.24, 2.45) is 0 Å². The molecule has 1 aliphatic rings. The average molecular weight is 248 g/mol. The van der Waals surface area contributed by atoms with Gasteiger partial charge in [-0.3, -0.25) is 0 Å². The van der Waals surface area contributed by atoms with Crippen LogP contribution in [-0.4, -0.2) is 36.9 Å². The van der Waals surface area contributed by atoms with Gasteiger partial charge in [-0.25, -0.2) is 0 Å². The van der Waals surface area contributed by atoms with Crippen molar-refractivity contribution < 1.29 is 5.11 Å². The number of aliphatic hydroxyl groups is 1. The number of benzene rings is 1. The Bertz CT molecular complexity index is 323. The highest BCUT2D eigenvalue weighted by Gasteiger charge is 2.14. The minimum absolute atomic E-state index is 0.163. The van der Waals surface area contributed by atoms with Crippen LogP contribution in [0.5, 0.6) is 0 Å². The minimum atomic E-state index is 0.163. The molecular formula is C15H24N2O. The van der Waals surface area contributed by atoms with Crippen LogP contribution in [0.1, 0.15) is 24.8 Å². The number of hydrogen-bond acceptors (Lipinski definition) is 3. The van der Waals surface area contributed by atoms with Gasteiger partial charge in [0.15, 0.2) is 0 Å². The van der Waals surface area contributed by atoms with Gasteiger partial charge in [-0.1, -0.05) is 36.8 Å². The Morgan fingerprint density at radius 1 is 1.28 bits per heavy atom. The van der Waals surface area contributed by atoms with Crippen molar-refractivity contribution in [1.29, 1.82) is 0 Å². The van der Waals surface area contributed by atoms with E-state index < -0.39 is 0 Å². The van der Waals surface area contributed by atoms with Gasteiger partial charge in [-0.15, -0.1) is 0 Å². The molecular weight excluding hydrogens is 224 g/mol. The van der Waals surface area contributed by atoms with Crippen LogP contribution in [0.4, 0.5) is 0 Å². The summed E-state index contributed by atoms with van der Waals surface area (Å²) in [5, 5.41) is 16.4. The van der Waals surface area contributed by atoms with E-state index in [1.807, 2.05) is 18.2 Å². The molecule has 0 aliphatic carbocycles. The van der Waals surface area contributed by atoms with Crippen LogP contribution in [0.2, 0.25) is 0 Å². The molecule has 3 heteroatoms. The molecule has 1 heterocycles. The van der Waals surface area contributed by atoms with E-state index in [1.54, 1.807) is 0 Å². The van der Waals surface area contributed by atoms with Crippen molar-refractivity contribution in [3.63, 3.8) is 0 Å². The fourth-order valence-electron chi connectivity index (χ4n) is 2.51. The molecule has 0 spiro atoms. The van der Waals surface area contributed by atoms with Crippen molar-refractivity contribution in [2.45, 2.75) is 37.8 Å². The number of aliphatic hydroxyl groups excluding tert-OH is 1. The second kappa shape index (κ2) is 7.52. The Kier molecular flexibility index (Phi) is 5.65. The lowest BCUT2D eigenvalue weighted by Gasteiger charge is -2.26. The Labute approximate surface area is 110 Å². The SMILES string of the molecule is OC[C@H](Cc1ccccc1)NCC1CCCCN1. The average Bonchev–Trinajstić information content (AvgIpc) is 2.45. The maximum atomic E-state index is 9.43. The van der Waals surface area contributed by atoms with Crippen molar-refractivity contribution >= 4 is 0 Å². The van der Waals surface area contributed by atoms with Gasteiger partial charge in [0.2, 0.25) is 0 Å². The molecule has 1 aliphatic heterocycles. The van der Waals surface area contributed by atoms with Crippen molar-refractivity contribution in [3.8, 4) is 0 Å². The third-order valence-corrected chi connectivity index (χ3v) is 3.61. The van der Waals surface area contributed by atoms with Crippen LogP contribution in [-0.2, 0) is 6.42 Å². The first-order chi connectivity index (χ1) is 8.88. The molecule has 1 saturated heterocycles. The quantitative estimate of drug-likeness (QED) is 0.711. The van der Waals surface area contributed by atoms with E-state index in [0.29, 0.717) is 6.04 Å². The fourth-order valence-corrected chi connectivity index (χ4v) is 2.51. The molecule has 0 aromatic heterocycles. The van der Waals surface area contributed by atoms with E-state index in [-0.39, 0.29) is 12.6 Å². The van der Waals surface area contributed by atoms with Gasteiger partial charge in [-0.2, -0.15) is 0 Å². The summed E-state index contributed by atoms with van der Waals surface area (Å²) in [6.07, 6.45) is 4.76.